The van der Waals surface area contributed by atoms with Gasteiger partial charge in [0.2, 0.25) is 0 Å². The van der Waals surface area contributed by atoms with Crippen LogP contribution in [0.5, 0.6) is 0 Å². The highest BCUT2D eigenvalue weighted by Gasteiger charge is 2.31. The van der Waals surface area contributed by atoms with Gasteiger partial charge in [-0.2, -0.15) is 5.10 Å². The van der Waals surface area contributed by atoms with Crippen LogP contribution in [0.4, 0.5) is 0 Å². The standard InChI is InChI=1S/C14H26N4/c1-4-6-13-11-15-14(2,3)12-17(13)9-10-18-8-5-7-16-18/h5,7-8,13,15H,4,6,9-12H2,1-3H3. The van der Waals surface area contributed by atoms with E-state index in [-0.39, 0.29) is 5.54 Å². The first-order chi connectivity index (χ1) is 8.61. The average Bonchev–Trinajstić information content (AvgIpc) is 2.82. The fourth-order valence-corrected chi connectivity index (χ4v) is 2.76. The Balaban J connectivity index is 1.92. The Morgan fingerprint density at radius 3 is 2.89 bits per heavy atom. The SMILES string of the molecule is CCCC1CNC(C)(C)CN1CCn1cccn1. The smallest absolute Gasteiger partial charge is 0.0536 e. The lowest BCUT2D eigenvalue weighted by atomic mass is 9.97. The summed E-state index contributed by atoms with van der Waals surface area (Å²) in [5.74, 6) is 0. The summed E-state index contributed by atoms with van der Waals surface area (Å²) in [7, 11) is 0. The molecule has 1 fully saturated rings. The van der Waals surface area contributed by atoms with Gasteiger partial charge < -0.3 is 5.32 Å². The van der Waals surface area contributed by atoms with Gasteiger partial charge in [-0.05, 0) is 26.3 Å². The third kappa shape index (κ3) is 3.56. The number of nitrogens with zero attached hydrogens (tertiary/aromatic N) is 3. The van der Waals surface area contributed by atoms with E-state index in [1.54, 1.807) is 0 Å². The summed E-state index contributed by atoms with van der Waals surface area (Å²) in [6, 6.07) is 2.67. The molecule has 0 radical (unpaired) electrons. The molecule has 1 aliphatic heterocycles. The van der Waals surface area contributed by atoms with Gasteiger partial charge in [-0.15, -0.1) is 0 Å². The minimum atomic E-state index is 0.231. The second kappa shape index (κ2) is 5.85. The zero-order chi connectivity index (χ0) is 13.0. The van der Waals surface area contributed by atoms with Gasteiger partial charge in [0.15, 0.2) is 0 Å². The topological polar surface area (TPSA) is 33.1 Å². The van der Waals surface area contributed by atoms with E-state index >= 15 is 0 Å². The molecule has 2 heterocycles. The van der Waals surface area contributed by atoms with Crippen LogP contribution >= 0.6 is 0 Å². The predicted octanol–water partition coefficient (Wildman–Crippen LogP) is 1.74. The van der Waals surface area contributed by atoms with Gasteiger partial charge in [0.25, 0.3) is 0 Å². The van der Waals surface area contributed by atoms with E-state index < -0.39 is 0 Å². The molecule has 2 rings (SSSR count). The van der Waals surface area contributed by atoms with Gasteiger partial charge in [0.05, 0.1) is 6.54 Å². The Kier molecular flexibility index (Phi) is 4.40. The maximum atomic E-state index is 4.28. The van der Waals surface area contributed by atoms with Crippen LogP contribution in [0.15, 0.2) is 18.5 Å². The van der Waals surface area contributed by atoms with Gasteiger partial charge in [0, 0.05) is 43.6 Å². The van der Waals surface area contributed by atoms with Crippen molar-refractivity contribution in [1.82, 2.24) is 20.0 Å². The Morgan fingerprint density at radius 1 is 1.39 bits per heavy atom. The van der Waals surface area contributed by atoms with E-state index in [0.717, 1.165) is 26.2 Å². The molecule has 102 valence electrons. The normalized spacial score (nSPS) is 24.3. The molecule has 4 nitrogen and oxygen atoms in total. The van der Waals surface area contributed by atoms with Crippen molar-refractivity contribution >= 4 is 0 Å². The first kappa shape index (κ1) is 13.6. The Labute approximate surface area is 110 Å². The van der Waals surface area contributed by atoms with Crippen molar-refractivity contribution in [1.29, 1.82) is 0 Å². The summed E-state index contributed by atoms with van der Waals surface area (Å²) in [6.07, 6.45) is 6.43. The summed E-state index contributed by atoms with van der Waals surface area (Å²) in [4.78, 5) is 2.63. The molecule has 0 spiro atoms. The molecular weight excluding hydrogens is 224 g/mol. The molecule has 18 heavy (non-hydrogen) atoms. The third-order valence-electron chi connectivity index (χ3n) is 3.73. The third-order valence-corrected chi connectivity index (χ3v) is 3.73. The number of nitrogens with one attached hydrogen (secondary N) is 1. The van der Waals surface area contributed by atoms with E-state index in [4.69, 9.17) is 0 Å². The summed E-state index contributed by atoms with van der Waals surface area (Å²) in [5, 5.41) is 7.93. The zero-order valence-electron chi connectivity index (χ0n) is 11.9. The minimum Gasteiger partial charge on any atom is -0.309 e. The van der Waals surface area contributed by atoms with E-state index in [2.05, 4.69) is 36.1 Å². The van der Waals surface area contributed by atoms with Gasteiger partial charge in [-0.25, -0.2) is 0 Å². The second-order valence-electron chi connectivity index (χ2n) is 5.95. The molecule has 0 aliphatic carbocycles. The predicted molar refractivity (Wildman–Crippen MR) is 74.6 cm³/mol. The van der Waals surface area contributed by atoms with Crippen LogP contribution in [0.25, 0.3) is 0 Å². The highest BCUT2D eigenvalue weighted by molar-refractivity contribution is 4.92. The van der Waals surface area contributed by atoms with Crippen molar-refractivity contribution in [3.63, 3.8) is 0 Å². The average molecular weight is 250 g/mol. The molecule has 1 aromatic rings. The lowest BCUT2D eigenvalue weighted by Gasteiger charge is -2.44. The van der Waals surface area contributed by atoms with Crippen LogP contribution in [-0.4, -0.2) is 45.9 Å². The van der Waals surface area contributed by atoms with E-state index in [1.165, 1.54) is 12.8 Å². The lowest BCUT2D eigenvalue weighted by molar-refractivity contribution is 0.0850. The Bertz CT molecular complexity index is 345. The van der Waals surface area contributed by atoms with Crippen molar-refractivity contribution in [2.75, 3.05) is 19.6 Å². The largest absolute Gasteiger partial charge is 0.309 e. The first-order valence-corrected chi connectivity index (χ1v) is 7.07. The first-order valence-electron chi connectivity index (χ1n) is 7.07. The molecule has 1 aliphatic rings. The van der Waals surface area contributed by atoms with Crippen LogP contribution < -0.4 is 5.32 Å². The van der Waals surface area contributed by atoms with Gasteiger partial charge in [-0.1, -0.05) is 13.3 Å². The highest BCUT2D eigenvalue weighted by Crippen LogP contribution is 2.18. The Hall–Kier alpha value is -0.870. The van der Waals surface area contributed by atoms with Crippen molar-refractivity contribution < 1.29 is 0 Å². The molecule has 0 amide bonds. The van der Waals surface area contributed by atoms with Gasteiger partial charge >= 0.3 is 0 Å². The van der Waals surface area contributed by atoms with Crippen molar-refractivity contribution in [3.05, 3.63) is 18.5 Å². The molecule has 0 saturated carbocycles. The summed E-state index contributed by atoms with van der Waals surface area (Å²) < 4.78 is 2.03. The van der Waals surface area contributed by atoms with Crippen LogP contribution in [0, 0.1) is 0 Å². The van der Waals surface area contributed by atoms with Crippen LogP contribution in [0.2, 0.25) is 0 Å². The highest BCUT2D eigenvalue weighted by atomic mass is 15.3. The molecule has 1 unspecified atom stereocenters. The number of rotatable bonds is 5. The van der Waals surface area contributed by atoms with Crippen LogP contribution in [0.3, 0.4) is 0 Å². The molecule has 0 aromatic carbocycles. The molecule has 1 saturated heterocycles. The van der Waals surface area contributed by atoms with E-state index in [1.807, 2.05) is 23.1 Å². The monoisotopic (exact) mass is 250 g/mol. The molecule has 0 bridgehead atoms. The molecule has 1 N–H and O–H groups in total. The second-order valence-corrected chi connectivity index (χ2v) is 5.95. The van der Waals surface area contributed by atoms with Gasteiger partial charge in [0.1, 0.15) is 0 Å². The lowest BCUT2D eigenvalue weighted by Crippen LogP contribution is -2.61. The number of piperazine rings is 1. The number of aromatic nitrogens is 2. The maximum Gasteiger partial charge on any atom is 0.0536 e. The fourth-order valence-electron chi connectivity index (χ4n) is 2.76. The summed E-state index contributed by atoms with van der Waals surface area (Å²) >= 11 is 0. The van der Waals surface area contributed by atoms with E-state index in [9.17, 15) is 0 Å². The zero-order valence-corrected chi connectivity index (χ0v) is 11.9. The molecule has 4 heteroatoms. The van der Waals surface area contributed by atoms with Crippen LogP contribution in [-0.2, 0) is 6.54 Å². The number of hydrogen-bond donors (Lipinski definition) is 1. The van der Waals surface area contributed by atoms with Crippen molar-refractivity contribution in [2.24, 2.45) is 0 Å². The summed E-state index contributed by atoms with van der Waals surface area (Å²) in [5.41, 5.74) is 0.231. The fraction of sp³-hybridized carbons (Fsp3) is 0.786. The maximum absolute atomic E-state index is 4.28. The van der Waals surface area contributed by atoms with Crippen LogP contribution in [0.1, 0.15) is 33.6 Å². The molecular formula is C14H26N4. The van der Waals surface area contributed by atoms with Gasteiger partial charge in [-0.3, -0.25) is 9.58 Å². The quantitative estimate of drug-likeness (QED) is 0.864. The van der Waals surface area contributed by atoms with Crippen molar-refractivity contribution in [3.8, 4) is 0 Å². The van der Waals surface area contributed by atoms with E-state index in [0.29, 0.717) is 6.04 Å². The van der Waals surface area contributed by atoms with Crippen molar-refractivity contribution in [2.45, 2.75) is 51.7 Å². The Morgan fingerprint density at radius 2 is 2.22 bits per heavy atom. The molecule has 1 aromatic heterocycles. The minimum absolute atomic E-state index is 0.231. The summed E-state index contributed by atoms with van der Waals surface area (Å²) in [6.45, 7) is 11.2. The molecule has 1 atom stereocenters. The number of hydrogen-bond acceptors (Lipinski definition) is 3.